The highest BCUT2D eigenvalue weighted by Gasteiger charge is 2.57. The lowest BCUT2D eigenvalue weighted by Gasteiger charge is -2.32. The third-order valence-electron chi connectivity index (χ3n) is 9.05. The van der Waals surface area contributed by atoms with Gasteiger partial charge in [0.2, 0.25) is 5.60 Å². The highest BCUT2D eigenvalue weighted by Crippen LogP contribution is 2.49. The predicted molar refractivity (Wildman–Crippen MR) is 177 cm³/mol. The quantitative estimate of drug-likeness (QED) is 0.119. The summed E-state index contributed by atoms with van der Waals surface area (Å²) in [4.78, 5) is 17.5. The van der Waals surface area contributed by atoms with E-state index < -0.39 is 41.3 Å². The molecule has 0 radical (unpaired) electrons. The summed E-state index contributed by atoms with van der Waals surface area (Å²) >= 11 is 0. The molecule has 270 valence electrons. The van der Waals surface area contributed by atoms with Crippen molar-refractivity contribution in [1.29, 1.82) is 0 Å². The number of amides is 1. The van der Waals surface area contributed by atoms with Crippen LogP contribution in [0.1, 0.15) is 40.0 Å². The monoisotopic (exact) mass is 711 g/mol. The average Bonchev–Trinajstić information content (AvgIpc) is 3.77. The third-order valence-corrected chi connectivity index (χ3v) is 9.05. The number of benzene rings is 3. The van der Waals surface area contributed by atoms with Crippen LogP contribution < -0.4 is 29.6 Å². The Morgan fingerprint density at radius 3 is 2.43 bits per heavy atom. The van der Waals surface area contributed by atoms with Crippen molar-refractivity contribution in [2.75, 3.05) is 47.1 Å². The van der Waals surface area contributed by atoms with Crippen LogP contribution in [-0.2, 0) is 22.5 Å². The summed E-state index contributed by atoms with van der Waals surface area (Å²) in [5, 5.41) is 16.9. The number of carbonyl (C=O) groups is 1. The van der Waals surface area contributed by atoms with E-state index in [2.05, 4.69) is 15.6 Å². The molecule has 0 bridgehead atoms. The van der Waals surface area contributed by atoms with Crippen molar-refractivity contribution in [3.05, 3.63) is 101 Å². The molecular formula is C37H37F4N3O7. The number of aromatic nitrogens is 1. The van der Waals surface area contributed by atoms with Gasteiger partial charge in [-0.05, 0) is 85.6 Å². The number of nitrogens with one attached hydrogen (secondary N) is 2. The molecule has 2 unspecified atom stereocenters. The van der Waals surface area contributed by atoms with Crippen LogP contribution in [0.4, 0.5) is 17.6 Å². The molecule has 2 atom stereocenters. The minimum absolute atomic E-state index is 0.0218. The summed E-state index contributed by atoms with van der Waals surface area (Å²) in [5.41, 5.74) is -3.47. The van der Waals surface area contributed by atoms with Crippen molar-refractivity contribution < 1.29 is 51.1 Å². The largest absolute Gasteiger partial charge is 0.497 e. The molecule has 1 fully saturated rings. The molecule has 0 aliphatic carbocycles. The molecule has 4 aromatic rings. The number of aliphatic hydroxyl groups is 1. The van der Waals surface area contributed by atoms with Crippen LogP contribution in [0, 0.1) is 5.82 Å². The summed E-state index contributed by atoms with van der Waals surface area (Å²) in [7, 11) is 2.95. The molecule has 1 aromatic heterocycles. The number of rotatable bonds is 13. The van der Waals surface area contributed by atoms with Crippen molar-refractivity contribution in [3.8, 4) is 34.3 Å². The van der Waals surface area contributed by atoms with E-state index in [0.29, 0.717) is 36.4 Å². The maximum atomic E-state index is 14.8. The zero-order chi connectivity index (χ0) is 36.2. The molecular weight excluding hydrogens is 674 g/mol. The molecule has 14 heteroatoms. The minimum Gasteiger partial charge on any atom is -0.497 e. The predicted octanol–water partition coefficient (Wildman–Crippen LogP) is 5.65. The van der Waals surface area contributed by atoms with Gasteiger partial charge >= 0.3 is 6.18 Å². The fraction of sp³-hybridized carbons (Fsp3) is 0.351. The van der Waals surface area contributed by atoms with Crippen LogP contribution in [0.5, 0.6) is 23.0 Å². The first kappa shape index (κ1) is 35.9. The molecule has 2 aliphatic heterocycles. The highest BCUT2D eigenvalue weighted by atomic mass is 19.4. The van der Waals surface area contributed by atoms with Crippen molar-refractivity contribution in [1.82, 2.24) is 15.6 Å². The van der Waals surface area contributed by atoms with E-state index in [-0.39, 0.29) is 42.6 Å². The molecule has 1 spiro atoms. The van der Waals surface area contributed by atoms with E-state index in [0.717, 1.165) is 29.9 Å². The van der Waals surface area contributed by atoms with Gasteiger partial charge in [0.05, 0.1) is 45.2 Å². The molecule has 3 N–H and O–H groups in total. The van der Waals surface area contributed by atoms with Crippen LogP contribution in [-0.4, -0.2) is 69.3 Å². The van der Waals surface area contributed by atoms with Gasteiger partial charge in [-0.2, -0.15) is 13.2 Å². The summed E-state index contributed by atoms with van der Waals surface area (Å²) in [6.07, 6.45) is -3.91. The van der Waals surface area contributed by atoms with Crippen LogP contribution >= 0.6 is 0 Å². The summed E-state index contributed by atoms with van der Waals surface area (Å²) < 4.78 is 86.1. The van der Waals surface area contributed by atoms with Gasteiger partial charge in [-0.25, -0.2) is 9.37 Å². The maximum absolute atomic E-state index is 14.8. The first-order valence-corrected chi connectivity index (χ1v) is 16.2. The van der Waals surface area contributed by atoms with Crippen molar-refractivity contribution in [2.24, 2.45) is 0 Å². The van der Waals surface area contributed by atoms with E-state index in [1.54, 1.807) is 7.11 Å². The lowest BCUT2D eigenvalue weighted by Crippen LogP contribution is -2.51. The van der Waals surface area contributed by atoms with Gasteiger partial charge in [0.25, 0.3) is 5.91 Å². The number of carbonyl (C=O) groups excluding carboxylic acids is 1. The molecule has 3 heterocycles. The number of ether oxygens (including phenoxy) is 5. The van der Waals surface area contributed by atoms with Crippen molar-refractivity contribution in [2.45, 2.75) is 36.8 Å². The van der Waals surface area contributed by atoms with E-state index >= 15 is 0 Å². The summed E-state index contributed by atoms with van der Waals surface area (Å²) in [6.45, 7) is 0.284. The second kappa shape index (κ2) is 14.7. The number of methoxy groups -OCH3 is 2. The van der Waals surface area contributed by atoms with Crippen LogP contribution in [0.15, 0.2) is 72.8 Å². The van der Waals surface area contributed by atoms with Gasteiger partial charge in [0, 0.05) is 16.7 Å². The summed E-state index contributed by atoms with van der Waals surface area (Å²) in [5.74, 6) is 0.0144. The molecule has 3 aromatic carbocycles. The Hall–Kier alpha value is -4.92. The number of halogens is 4. The first-order valence-electron chi connectivity index (χ1n) is 16.2. The maximum Gasteiger partial charge on any atom is 0.424 e. The number of hydrogen-bond donors (Lipinski definition) is 3. The van der Waals surface area contributed by atoms with Crippen LogP contribution in [0.25, 0.3) is 11.3 Å². The second-order valence-corrected chi connectivity index (χ2v) is 12.3. The Balaban J connectivity index is 1.18. The zero-order valence-electron chi connectivity index (χ0n) is 27.9. The molecule has 1 amide bonds. The van der Waals surface area contributed by atoms with Gasteiger partial charge in [0.1, 0.15) is 30.5 Å². The molecule has 2 aliphatic rings. The van der Waals surface area contributed by atoms with Crippen LogP contribution in [0.2, 0.25) is 0 Å². The lowest BCUT2D eigenvalue weighted by molar-refractivity contribution is -0.265. The normalized spacial score (nSPS) is 17.8. The SMILES string of the molecule is COc1ccc(COCCOc2ccc(C(=O)NCC(O)(c3cc4c(c(-c5ccc(F)cc5)n3)OCC43CCCN3)C(F)(F)F)cc2OC)cc1. The van der Waals surface area contributed by atoms with Gasteiger partial charge in [0.15, 0.2) is 17.2 Å². The van der Waals surface area contributed by atoms with Gasteiger partial charge in [-0.1, -0.05) is 12.1 Å². The van der Waals surface area contributed by atoms with Crippen LogP contribution in [0.3, 0.4) is 0 Å². The molecule has 51 heavy (non-hydrogen) atoms. The fourth-order valence-electron chi connectivity index (χ4n) is 6.18. The Bertz CT molecular complexity index is 1850. The van der Waals surface area contributed by atoms with Gasteiger partial charge < -0.3 is 39.4 Å². The van der Waals surface area contributed by atoms with E-state index in [4.69, 9.17) is 23.7 Å². The van der Waals surface area contributed by atoms with Gasteiger partial charge in [-0.3, -0.25) is 4.79 Å². The minimum atomic E-state index is -5.26. The standard InChI is InChI=1S/C37H37F4N3O7/c1-47-27-11-4-23(5-12-27)20-49-16-17-50-29-13-8-25(18-30(29)48-2)34(45)42-21-36(46,37(39,40)41)31-19-28-33(51-22-35(28)14-3-15-43-35)32(44-31)24-6-9-26(38)10-7-24/h4-13,18-19,43,46H,3,14-17,20-22H2,1-2H3,(H,42,45). The Kier molecular flexibility index (Phi) is 10.4. The van der Waals surface area contributed by atoms with E-state index in [1.807, 2.05) is 24.3 Å². The molecule has 1 saturated heterocycles. The Labute approximate surface area is 291 Å². The Morgan fingerprint density at radius 2 is 1.76 bits per heavy atom. The Morgan fingerprint density at radius 1 is 1.00 bits per heavy atom. The number of pyridine rings is 1. The number of hydrogen-bond acceptors (Lipinski definition) is 9. The number of nitrogens with zero attached hydrogens (tertiary/aromatic N) is 1. The lowest BCUT2D eigenvalue weighted by atomic mass is 9.86. The van der Waals surface area contributed by atoms with E-state index in [1.165, 1.54) is 43.5 Å². The average molecular weight is 712 g/mol. The van der Waals surface area contributed by atoms with E-state index in [9.17, 15) is 27.5 Å². The highest BCUT2D eigenvalue weighted by molar-refractivity contribution is 5.95. The van der Waals surface area contributed by atoms with Gasteiger partial charge in [-0.15, -0.1) is 0 Å². The number of fused-ring (bicyclic) bond motifs is 2. The number of alkyl halides is 3. The molecule has 10 nitrogen and oxygen atoms in total. The zero-order valence-corrected chi connectivity index (χ0v) is 27.9. The smallest absolute Gasteiger partial charge is 0.424 e. The van der Waals surface area contributed by atoms with Crippen molar-refractivity contribution >= 4 is 5.91 Å². The topological polar surface area (TPSA) is 120 Å². The first-order chi connectivity index (χ1) is 24.5. The second-order valence-electron chi connectivity index (χ2n) is 12.3. The van der Waals surface area contributed by atoms with Crippen molar-refractivity contribution in [3.63, 3.8) is 0 Å². The molecule has 0 saturated carbocycles. The fourth-order valence-corrected chi connectivity index (χ4v) is 6.18. The summed E-state index contributed by atoms with van der Waals surface area (Å²) in [6, 6.07) is 17.8. The third kappa shape index (κ3) is 7.43. The molecule has 6 rings (SSSR count).